The van der Waals surface area contributed by atoms with Crippen molar-refractivity contribution >= 4 is 15.9 Å². The van der Waals surface area contributed by atoms with E-state index in [4.69, 9.17) is 0 Å². The maximum atomic E-state index is 4.16. The lowest BCUT2D eigenvalue weighted by Gasteiger charge is -2.05. The van der Waals surface area contributed by atoms with E-state index in [0.29, 0.717) is 0 Å². The van der Waals surface area contributed by atoms with Crippen LogP contribution in [0.3, 0.4) is 0 Å². The molecule has 0 aromatic carbocycles. The van der Waals surface area contributed by atoms with Crippen molar-refractivity contribution in [2.75, 3.05) is 0 Å². The Morgan fingerprint density at radius 2 is 2.36 bits per heavy atom. The Kier molecular flexibility index (Phi) is 3.12. The first-order valence-corrected chi connectivity index (χ1v) is 4.66. The van der Waals surface area contributed by atoms with Gasteiger partial charge >= 0.3 is 0 Å². The molecule has 0 aliphatic rings. The van der Waals surface area contributed by atoms with Crippen LogP contribution in [0.15, 0.2) is 16.9 Å². The summed E-state index contributed by atoms with van der Waals surface area (Å²) in [7, 11) is 0. The third kappa shape index (κ3) is 2.66. The van der Waals surface area contributed by atoms with Crippen molar-refractivity contribution in [1.29, 1.82) is 0 Å². The lowest BCUT2D eigenvalue weighted by molar-refractivity contribution is 0.482. The second-order valence-corrected chi connectivity index (χ2v) is 3.87. The molecule has 0 fully saturated rings. The van der Waals surface area contributed by atoms with Crippen molar-refractivity contribution in [3.05, 3.63) is 16.9 Å². The second-order valence-electron chi connectivity index (χ2n) is 3.06. The number of halogens is 1. The number of aromatic nitrogens is 2. The molecule has 0 saturated heterocycles. The highest BCUT2D eigenvalue weighted by Crippen LogP contribution is 2.10. The minimum atomic E-state index is 0.742. The number of hydrogen-bond acceptors (Lipinski definition) is 1. The van der Waals surface area contributed by atoms with Crippen LogP contribution in [-0.4, -0.2) is 9.78 Å². The van der Waals surface area contributed by atoms with E-state index in [-0.39, 0.29) is 0 Å². The van der Waals surface area contributed by atoms with Gasteiger partial charge in [-0.3, -0.25) is 4.68 Å². The average molecular weight is 217 g/mol. The quantitative estimate of drug-likeness (QED) is 0.761. The summed E-state index contributed by atoms with van der Waals surface area (Å²) in [6.07, 6.45) is 2.99. The van der Waals surface area contributed by atoms with Gasteiger partial charge in [-0.05, 0) is 34.3 Å². The van der Waals surface area contributed by atoms with Crippen molar-refractivity contribution in [2.45, 2.75) is 26.8 Å². The van der Waals surface area contributed by atoms with Gasteiger partial charge in [0.25, 0.3) is 0 Å². The van der Waals surface area contributed by atoms with Crippen LogP contribution in [0.4, 0.5) is 0 Å². The molecule has 1 heterocycles. The molecule has 0 aliphatic heterocycles. The minimum absolute atomic E-state index is 0.742. The first-order chi connectivity index (χ1) is 5.20. The zero-order chi connectivity index (χ0) is 8.27. The summed E-state index contributed by atoms with van der Waals surface area (Å²) in [4.78, 5) is 0. The van der Waals surface area contributed by atoms with Gasteiger partial charge in [0.1, 0.15) is 4.60 Å². The average Bonchev–Trinajstić information content (AvgIpc) is 2.31. The normalized spacial score (nSPS) is 10.9. The first kappa shape index (κ1) is 8.78. The van der Waals surface area contributed by atoms with Crippen LogP contribution in [0.2, 0.25) is 0 Å². The minimum Gasteiger partial charge on any atom is -0.258 e. The Labute approximate surface area is 75.7 Å². The summed E-state index contributed by atoms with van der Waals surface area (Å²) in [5.74, 6) is 0.742. The highest BCUT2D eigenvalue weighted by Gasteiger charge is 1.99. The standard InChI is InChI=1S/C8H13BrN2/c1-7(2)4-6-11-8(9)3-5-10-11/h3,5,7H,4,6H2,1-2H3. The molecule has 0 aliphatic carbocycles. The van der Waals surface area contributed by atoms with E-state index < -0.39 is 0 Å². The van der Waals surface area contributed by atoms with Gasteiger partial charge < -0.3 is 0 Å². The van der Waals surface area contributed by atoms with Crippen molar-refractivity contribution in [3.8, 4) is 0 Å². The summed E-state index contributed by atoms with van der Waals surface area (Å²) in [5, 5.41) is 4.16. The molecule has 0 amide bonds. The lowest BCUT2D eigenvalue weighted by atomic mass is 10.1. The maximum absolute atomic E-state index is 4.16. The van der Waals surface area contributed by atoms with Gasteiger partial charge in [-0.15, -0.1) is 0 Å². The Morgan fingerprint density at radius 3 is 2.82 bits per heavy atom. The number of nitrogens with zero attached hydrogens (tertiary/aromatic N) is 2. The smallest absolute Gasteiger partial charge is 0.104 e. The molecule has 3 heteroatoms. The molecular formula is C8H13BrN2. The van der Waals surface area contributed by atoms with Crippen molar-refractivity contribution in [1.82, 2.24) is 9.78 Å². The molecule has 0 N–H and O–H groups in total. The van der Waals surface area contributed by atoms with Gasteiger partial charge in [-0.2, -0.15) is 5.10 Å². The SMILES string of the molecule is CC(C)CCn1nccc1Br. The van der Waals surface area contributed by atoms with Gasteiger partial charge in [0.2, 0.25) is 0 Å². The van der Waals surface area contributed by atoms with E-state index in [9.17, 15) is 0 Å². The van der Waals surface area contributed by atoms with Gasteiger partial charge in [-0.1, -0.05) is 13.8 Å². The topological polar surface area (TPSA) is 17.8 Å². The molecular weight excluding hydrogens is 204 g/mol. The zero-order valence-electron chi connectivity index (χ0n) is 6.92. The fourth-order valence-electron chi connectivity index (χ4n) is 0.862. The molecule has 11 heavy (non-hydrogen) atoms. The van der Waals surface area contributed by atoms with Gasteiger partial charge in [0, 0.05) is 6.54 Å². The Balaban J connectivity index is 2.44. The first-order valence-electron chi connectivity index (χ1n) is 3.87. The third-order valence-corrected chi connectivity index (χ3v) is 2.26. The molecule has 62 valence electrons. The molecule has 1 aromatic rings. The summed E-state index contributed by atoms with van der Waals surface area (Å²) >= 11 is 3.42. The van der Waals surface area contributed by atoms with Crippen LogP contribution in [0.25, 0.3) is 0 Å². The molecule has 0 radical (unpaired) electrons. The lowest BCUT2D eigenvalue weighted by Crippen LogP contribution is -2.02. The number of hydrogen-bond donors (Lipinski definition) is 0. The maximum Gasteiger partial charge on any atom is 0.104 e. The predicted molar refractivity (Wildman–Crippen MR) is 49.4 cm³/mol. The van der Waals surface area contributed by atoms with E-state index in [1.807, 2.05) is 16.9 Å². The van der Waals surface area contributed by atoms with Gasteiger partial charge in [0.05, 0.1) is 6.20 Å². The fourth-order valence-corrected chi connectivity index (χ4v) is 1.25. The van der Waals surface area contributed by atoms with Crippen molar-refractivity contribution in [3.63, 3.8) is 0 Å². The second kappa shape index (κ2) is 3.90. The van der Waals surface area contributed by atoms with E-state index in [0.717, 1.165) is 17.1 Å². The summed E-state index contributed by atoms with van der Waals surface area (Å²) < 4.78 is 3.04. The molecule has 1 aromatic heterocycles. The molecule has 0 unspecified atom stereocenters. The molecule has 2 nitrogen and oxygen atoms in total. The van der Waals surface area contributed by atoms with Crippen molar-refractivity contribution < 1.29 is 0 Å². The van der Waals surface area contributed by atoms with Gasteiger partial charge in [0.15, 0.2) is 0 Å². The fraction of sp³-hybridized carbons (Fsp3) is 0.625. The monoisotopic (exact) mass is 216 g/mol. The Morgan fingerprint density at radius 1 is 1.64 bits per heavy atom. The number of rotatable bonds is 3. The number of aryl methyl sites for hydroxylation is 1. The predicted octanol–water partition coefficient (Wildman–Crippen LogP) is 2.69. The Bertz CT molecular complexity index is 218. The molecule has 0 atom stereocenters. The highest BCUT2D eigenvalue weighted by molar-refractivity contribution is 9.10. The third-order valence-electron chi connectivity index (χ3n) is 1.58. The van der Waals surface area contributed by atoms with E-state index >= 15 is 0 Å². The highest BCUT2D eigenvalue weighted by atomic mass is 79.9. The van der Waals surface area contributed by atoms with Crippen LogP contribution in [0, 0.1) is 5.92 Å². The molecule has 0 spiro atoms. The van der Waals surface area contributed by atoms with Crippen LogP contribution in [-0.2, 0) is 6.54 Å². The largest absolute Gasteiger partial charge is 0.258 e. The molecule has 0 bridgehead atoms. The summed E-state index contributed by atoms with van der Waals surface area (Å²) in [5.41, 5.74) is 0. The van der Waals surface area contributed by atoms with Crippen LogP contribution < -0.4 is 0 Å². The van der Waals surface area contributed by atoms with Crippen LogP contribution in [0.5, 0.6) is 0 Å². The Hall–Kier alpha value is -0.310. The molecule has 1 rings (SSSR count). The summed E-state index contributed by atoms with van der Waals surface area (Å²) in [6, 6.07) is 1.96. The van der Waals surface area contributed by atoms with Crippen LogP contribution in [0.1, 0.15) is 20.3 Å². The molecule has 0 saturated carbocycles. The van der Waals surface area contributed by atoms with Crippen LogP contribution >= 0.6 is 15.9 Å². The van der Waals surface area contributed by atoms with Crippen molar-refractivity contribution in [2.24, 2.45) is 5.92 Å². The van der Waals surface area contributed by atoms with Gasteiger partial charge in [-0.25, -0.2) is 0 Å². The summed E-state index contributed by atoms with van der Waals surface area (Å²) in [6.45, 7) is 5.44. The van der Waals surface area contributed by atoms with E-state index in [1.54, 1.807) is 0 Å². The van der Waals surface area contributed by atoms with E-state index in [2.05, 4.69) is 34.9 Å². The van der Waals surface area contributed by atoms with E-state index in [1.165, 1.54) is 6.42 Å². The zero-order valence-corrected chi connectivity index (χ0v) is 8.50.